The van der Waals surface area contributed by atoms with Gasteiger partial charge < -0.3 is 20.7 Å². The molecule has 33 heavy (non-hydrogen) atoms. The quantitative estimate of drug-likeness (QED) is 0.430. The molecule has 4 N–H and O–H groups in total. The number of hydrogen-bond donors (Lipinski definition) is 3. The number of hydrogen-bond acceptors (Lipinski definition) is 5. The Bertz CT molecular complexity index is 1090. The summed E-state index contributed by atoms with van der Waals surface area (Å²) in [4.78, 5) is 30.8. The number of nitrogens with two attached hydrogens (primary N) is 1. The number of halogens is 1. The van der Waals surface area contributed by atoms with E-state index in [9.17, 15) is 9.59 Å². The monoisotopic (exact) mass is 469 g/mol. The van der Waals surface area contributed by atoms with E-state index in [1.807, 2.05) is 42.5 Å². The van der Waals surface area contributed by atoms with Crippen molar-refractivity contribution in [3.05, 3.63) is 71.4 Å². The Morgan fingerprint density at radius 3 is 2.64 bits per heavy atom. The SMILES string of the molecule is CN(C(=O)NCc1ccccc1Cl)[C@@H](CCCN)COC(=O)Nc1cc2ccccc2cn1. The van der Waals surface area contributed by atoms with Gasteiger partial charge in [0.15, 0.2) is 0 Å². The summed E-state index contributed by atoms with van der Waals surface area (Å²) in [6.07, 6.45) is 2.32. The molecule has 2 aromatic carbocycles. The lowest BCUT2D eigenvalue weighted by atomic mass is 10.1. The van der Waals surface area contributed by atoms with Crippen LogP contribution in [0.15, 0.2) is 60.8 Å². The summed E-state index contributed by atoms with van der Waals surface area (Å²) in [5.41, 5.74) is 6.46. The van der Waals surface area contributed by atoms with Gasteiger partial charge in [0.1, 0.15) is 12.4 Å². The van der Waals surface area contributed by atoms with Crippen molar-refractivity contribution in [1.29, 1.82) is 0 Å². The van der Waals surface area contributed by atoms with Gasteiger partial charge in [-0.2, -0.15) is 0 Å². The molecule has 3 aromatic rings. The van der Waals surface area contributed by atoms with Crippen molar-refractivity contribution in [3.63, 3.8) is 0 Å². The lowest BCUT2D eigenvalue weighted by Gasteiger charge is -2.28. The standard InChI is InChI=1S/C24H28ClN5O3/c1-30(23(31)28-15-19-9-4-5-11-21(19)25)20(10-6-12-26)16-33-24(32)29-22-13-17-7-2-3-8-18(17)14-27-22/h2-5,7-9,11,13-14,20H,6,10,12,15-16,26H2,1H3,(H,28,31)(H,27,29,32)/t20-/m0/s1. The minimum absolute atomic E-state index is 0.0232. The number of urea groups is 1. The van der Waals surface area contributed by atoms with Crippen LogP contribution < -0.4 is 16.4 Å². The van der Waals surface area contributed by atoms with Crippen LogP contribution in [0.2, 0.25) is 5.02 Å². The number of nitrogens with one attached hydrogen (secondary N) is 2. The molecule has 0 aliphatic carbocycles. The van der Waals surface area contributed by atoms with Crippen LogP contribution in [0.3, 0.4) is 0 Å². The molecule has 1 atom stereocenters. The molecule has 1 heterocycles. The minimum Gasteiger partial charge on any atom is -0.447 e. The highest BCUT2D eigenvalue weighted by molar-refractivity contribution is 6.31. The average Bonchev–Trinajstić information content (AvgIpc) is 2.83. The van der Waals surface area contributed by atoms with Crippen LogP contribution in [0, 0.1) is 0 Å². The van der Waals surface area contributed by atoms with Gasteiger partial charge in [-0.15, -0.1) is 0 Å². The summed E-state index contributed by atoms with van der Waals surface area (Å²) in [6, 6.07) is 16.2. The summed E-state index contributed by atoms with van der Waals surface area (Å²) in [5.74, 6) is 0.392. The van der Waals surface area contributed by atoms with Crippen LogP contribution in [-0.4, -0.2) is 48.2 Å². The number of anilines is 1. The van der Waals surface area contributed by atoms with Crippen LogP contribution in [0.4, 0.5) is 15.4 Å². The first-order valence-electron chi connectivity index (χ1n) is 10.7. The third-order valence-corrected chi connectivity index (χ3v) is 5.63. The maximum Gasteiger partial charge on any atom is 0.412 e. The Labute approximate surface area is 198 Å². The predicted octanol–water partition coefficient (Wildman–Crippen LogP) is 4.39. The molecule has 0 aliphatic rings. The number of carbonyl (C=O) groups is 2. The van der Waals surface area contributed by atoms with Gasteiger partial charge in [-0.05, 0) is 42.5 Å². The molecule has 0 bridgehead atoms. The molecule has 0 radical (unpaired) electrons. The van der Waals surface area contributed by atoms with Crippen molar-refractivity contribution in [2.45, 2.75) is 25.4 Å². The van der Waals surface area contributed by atoms with Crippen LogP contribution in [0.25, 0.3) is 10.8 Å². The Kier molecular flexibility index (Phi) is 8.86. The number of amides is 3. The minimum atomic E-state index is -0.639. The largest absolute Gasteiger partial charge is 0.447 e. The molecule has 0 unspecified atom stereocenters. The Morgan fingerprint density at radius 2 is 1.88 bits per heavy atom. The number of aromatic nitrogens is 1. The molecule has 8 nitrogen and oxygen atoms in total. The molecule has 0 fully saturated rings. The van der Waals surface area contributed by atoms with Crippen LogP contribution in [-0.2, 0) is 11.3 Å². The number of ether oxygens (including phenoxy) is 1. The normalized spacial score (nSPS) is 11.6. The van der Waals surface area contributed by atoms with Gasteiger partial charge in [-0.25, -0.2) is 14.6 Å². The van der Waals surface area contributed by atoms with E-state index < -0.39 is 6.09 Å². The Morgan fingerprint density at radius 1 is 1.15 bits per heavy atom. The first-order chi connectivity index (χ1) is 16.0. The average molecular weight is 470 g/mol. The van der Waals surface area contributed by atoms with E-state index in [2.05, 4.69) is 15.6 Å². The third kappa shape index (κ3) is 7.06. The zero-order valence-electron chi connectivity index (χ0n) is 18.5. The molecule has 174 valence electrons. The maximum atomic E-state index is 12.7. The van der Waals surface area contributed by atoms with E-state index in [-0.39, 0.29) is 18.7 Å². The third-order valence-electron chi connectivity index (χ3n) is 5.27. The highest BCUT2D eigenvalue weighted by atomic mass is 35.5. The lowest BCUT2D eigenvalue weighted by molar-refractivity contribution is 0.113. The van der Waals surface area contributed by atoms with E-state index in [0.29, 0.717) is 36.8 Å². The van der Waals surface area contributed by atoms with E-state index >= 15 is 0 Å². The zero-order valence-corrected chi connectivity index (χ0v) is 19.2. The Hall–Kier alpha value is -3.36. The summed E-state index contributed by atoms with van der Waals surface area (Å²) in [5, 5.41) is 8.00. The molecule has 0 saturated heterocycles. The lowest BCUT2D eigenvalue weighted by Crippen LogP contribution is -2.46. The van der Waals surface area contributed by atoms with E-state index in [1.165, 1.54) is 4.90 Å². The van der Waals surface area contributed by atoms with E-state index in [0.717, 1.165) is 16.3 Å². The van der Waals surface area contributed by atoms with Gasteiger partial charge in [0.05, 0.1) is 6.04 Å². The topological polar surface area (TPSA) is 110 Å². The fourth-order valence-electron chi connectivity index (χ4n) is 3.31. The fraction of sp³-hybridized carbons (Fsp3) is 0.292. The molecule has 3 rings (SSSR count). The molecule has 0 aliphatic heterocycles. The number of rotatable bonds is 9. The van der Waals surface area contributed by atoms with E-state index in [4.69, 9.17) is 22.1 Å². The van der Waals surface area contributed by atoms with E-state index in [1.54, 1.807) is 25.4 Å². The molecule has 3 amide bonds. The van der Waals surface area contributed by atoms with Crippen molar-refractivity contribution < 1.29 is 14.3 Å². The molecular formula is C24H28ClN5O3. The van der Waals surface area contributed by atoms with Crippen LogP contribution >= 0.6 is 11.6 Å². The van der Waals surface area contributed by atoms with Gasteiger partial charge >= 0.3 is 12.1 Å². The molecule has 9 heteroatoms. The summed E-state index contributed by atoms with van der Waals surface area (Å²) in [6.45, 7) is 0.787. The number of carbonyl (C=O) groups excluding carboxylic acids is 2. The van der Waals surface area contributed by atoms with Gasteiger partial charge in [-0.3, -0.25) is 5.32 Å². The fourth-order valence-corrected chi connectivity index (χ4v) is 3.51. The molecule has 1 aromatic heterocycles. The Balaban J connectivity index is 1.55. The maximum absolute atomic E-state index is 12.7. The summed E-state index contributed by atoms with van der Waals surface area (Å²) >= 11 is 6.15. The first kappa shape index (κ1) is 24.3. The number of fused-ring (bicyclic) bond motifs is 1. The van der Waals surface area contributed by atoms with Gasteiger partial charge in [-0.1, -0.05) is 54.1 Å². The summed E-state index contributed by atoms with van der Waals surface area (Å²) in [7, 11) is 1.66. The predicted molar refractivity (Wildman–Crippen MR) is 130 cm³/mol. The highest BCUT2D eigenvalue weighted by Crippen LogP contribution is 2.17. The molecule has 0 spiro atoms. The van der Waals surface area contributed by atoms with Gasteiger partial charge in [0.25, 0.3) is 0 Å². The van der Waals surface area contributed by atoms with Crippen molar-refractivity contribution in [3.8, 4) is 0 Å². The van der Waals surface area contributed by atoms with Crippen LogP contribution in [0.5, 0.6) is 0 Å². The second-order valence-electron chi connectivity index (χ2n) is 7.59. The first-order valence-corrected chi connectivity index (χ1v) is 11.1. The second kappa shape index (κ2) is 12.0. The van der Waals surface area contributed by atoms with Gasteiger partial charge in [0, 0.05) is 30.2 Å². The number of nitrogens with zero attached hydrogens (tertiary/aromatic N) is 2. The zero-order chi connectivity index (χ0) is 23.6. The van der Waals surface area contributed by atoms with Crippen molar-refractivity contribution >= 4 is 40.3 Å². The number of likely N-dealkylation sites (N-methyl/N-ethyl adjacent to an activating group) is 1. The summed E-state index contributed by atoms with van der Waals surface area (Å²) < 4.78 is 5.40. The highest BCUT2D eigenvalue weighted by Gasteiger charge is 2.21. The molecular weight excluding hydrogens is 442 g/mol. The van der Waals surface area contributed by atoms with Crippen molar-refractivity contribution in [2.24, 2.45) is 5.73 Å². The van der Waals surface area contributed by atoms with Crippen molar-refractivity contribution in [1.82, 2.24) is 15.2 Å². The number of pyridine rings is 1. The van der Waals surface area contributed by atoms with Crippen LogP contribution in [0.1, 0.15) is 18.4 Å². The number of benzene rings is 2. The second-order valence-corrected chi connectivity index (χ2v) is 7.99. The molecule has 0 saturated carbocycles. The van der Waals surface area contributed by atoms with Gasteiger partial charge in [0.2, 0.25) is 0 Å². The smallest absolute Gasteiger partial charge is 0.412 e. The van der Waals surface area contributed by atoms with Crippen molar-refractivity contribution in [2.75, 3.05) is 25.5 Å².